The molecule has 0 radical (unpaired) electrons. The van der Waals surface area contributed by atoms with E-state index in [-0.39, 0.29) is 0 Å². The number of hydrogen-bond donors (Lipinski definition) is 1. The highest BCUT2D eigenvalue weighted by Gasteiger charge is 2.19. The third-order valence-corrected chi connectivity index (χ3v) is 2.09. The van der Waals surface area contributed by atoms with E-state index >= 15 is 0 Å². The summed E-state index contributed by atoms with van der Waals surface area (Å²) in [5, 5.41) is 2.09. The van der Waals surface area contributed by atoms with Crippen LogP contribution in [-0.4, -0.2) is 13.8 Å². The highest BCUT2D eigenvalue weighted by atomic mass is 16.5. The Kier molecular flexibility index (Phi) is 2.19. The number of para-hydroxylation sites is 1. The molecule has 0 fully saturated rings. The molecule has 68 valence electrons. The van der Waals surface area contributed by atoms with Crippen molar-refractivity contribution < 1.29 is 10.1 Å². The van der Waals surface area contributed by atoms with Gasteiger partial charge >= 0.3 is 0 Å². The first-order valence-corrected chi connectivity index (χ1v) is 4.32. The Balaban J connectivity index is 2.23. The standard InChI is InChI=1S/C10H12N2O/c1-13-10-7-11-8-12(10)9-5-3-2-4-6-9/h2-7,11H,8H2,1H3/p+1. The van der Waals surface area contributed by atoms with E-state index in [0.29, 0.717) is 0 Å². The summed E-state index contributed by atoms with van der Waals surface area (Å²) in [5.41, 5.74) is 1.17. The monoisotopic (exact) mass is 177 g/mol. The van der Waals surface area contributed by atoms with Crippen LogP contribution >= 0.6 is 0 Å². The molecular formula is C10H13N2O+. The van der Waals surface area contributed by atoms with Gasteiger partial charge < -0.3 is 4.74 Å². The number of anilines is 1. The van der Waals surface area contributed by atoms with Crippen molar-refractivity contribution in [2.75, 3.05) is 18.7 Å². The first-order valence-electron chi connectivity index (χ1n) is 4.32. The molecule has 0 spiro atoms. The van der Waals surface area contributed by atoms with E-state index in [1.807, 2.05) is 24.4 Å². The number of ether oxygens (including phenoxy) is 1. The van der Waals surface area contributed by atoms with Gasteiger partial charge in [0.2, 0.25) is 0 Å². The number of quaternary nitrogens is 1. The molecular weight excluding hydrogens is 164 g/mol. The average Bonchev–Trinajstić information content (AvgIpc) is 2.67. The number of methoxy groups -OCH3 is 1. The maximum Gasteiger partial charge on any atom is 0.253 e. The lowest BCUT2D eigenvalue weighted by Crippen LogP contribution is -2.78. The maximum absolute atomic E-state index is 5.23. The van der Waals surface area contributed by atoms with Gasteiger partial charge in [-0.25, -0.2) is 0 Å². The topological polar surface area (TPSA) is 29.1 Å². The maximum atomic E-state index is 5.23. The van der Waals surface area contributed by atoms with Gasteiger partial charge in [-0.15, -0.1) is 0 Å². The summed E-state index contributed by atoms with van der Waals surface area (Å²) in [6, 6.07) is 10.2. The fourth-order valence-corrected chi connectivity index (χ4v) is 1.46. The summed E-state index contributed by atoms with van der Waals surface area (Å²) in [5.74, 6) is 0.909. The Labute approximate surface area is 77.6 Å². The minimum Gasteiger partial charge on any atom is -0.478 e. The zero-order chi connectivity index (χ0) is 9.10. The molecule has 1 aliphatic rings. The normalized spacial score (nSPS) is 15.8. The van der Waals surface area contributed by atoms with Crippen LogP contribution in [0, 0.1) is 0 Å². The quantitative estimate of drug-likeness (QED) is 0.711. The molecule has 2 N–H and O–H groups in total. The first kappa shape index (κ1) is 8.13. The zero-order valence-electron chi connectivity index (χ0n) is 7.60. The smallest absolute Gasteiger partial charge is 0.253 e. The molecule has 0 aromatic heterocycles. The largest absolute Gasteiger partial charge is 0.478 e. The number of nitrogens with two attached hydrogens (primary N) is 1. The molecule has 13 heavy (non-hydrogen) atoms. The highest BCUT2D eigenvalue weighted by molar-refractivity contribution is 5.50. The predicted octanol–water partition coefficient (Wildman–Crippen LogP) is 0.473. The van der Waals surface area contributed by atoms with Gasteiger partial charge in [0, 0.05) is 5.69 Å². The van der Waals surface area contributed by atoms with E-state index in [0.717, 1.165) is 12.6 Å². The predicted molar refractivity (Wildman–Crippen MR) is 50.8 cm³/mol. The lowest BCUT2D eigenvalue weighted by molar-refractivity contribution is -0.577. The number of nitrogens with zero attached hydrogens (tertiary/aromatic N) is 1. The summed E-state index contributed by atoms with van der Waals surface area (Å²) in [7, 11) is 1.70. The fourth-order valence-electron chi connectivity index (χ4n) is 1.46. The number of hydrogen-bond acceptors (Lipinski definition) is 2. The molecule has 0 aliphatic carbocycles. The molecule has 0 atom stereocenters. The second kappa shape index (κ2) is 3.49. The number of rotatable bonds is 2. The summed E-state index contributed by atoms with van der Waals surface area (Å²) in [6.45, 7) is 0.896. The van der Waals surface area contributed by atoms with Gasteiger partial charge in [-0.2, -0.15) is 0 Å². The molecule has 3 heteroatoms. The van der Waals surface area contributed by atoms with Gasteiger partial charge in [-0.1, -0.05) is 18.2 Å². The van der Waals surface area contributed by atoms with Gasteiger partial charge in [0.05, 0.1) is 7.11 Å². The fraction of sp³-hybridized carbons (Fsp3) is 0.200. The highest BCUT2D eigenvalue weighted by Crippen LogP contribution is 2.18. The van der Waals surface area contributed by atoms with Gasteiger partial charge in [-0.05, 0) is 12.1 Å². The third kappa shape index (κ3) is 1.51. The van der Waals surface area contributed by atoms with Crippen molar-refractivity contribution in [1.82, 2.24) is 0 Å². The van der Waals surface area contributed by atoms with E-state index < -0.39 is 0 Å². The van der Waals surface area contributed by atoms with Crippen molar-refractivity contribution >= 4 is 5.69 Å². The lowest BCUT2D eigenvalue weighted by Gasteiger charge is -2.16. The molecule has 0 saturated heterocycles. The van der Waals surface area contributed by atoms with Crippen molar-refractivity contribution in [1.29, 1.82) is 0 Å². The van der Waals surface area contributed by atoms with Crippen LogP contribution < -0.4 is 10.2 Å². The Morgan fingerprint density at radius 2 is 2.08 bits per heavy atom. The Hall–Kier alpha value is -1.48. The molecule has 2 rings (SSSR count). The minimum absolute atomic E-state index is 0.896. The van der Waals surface area contributed by atoms with Crippen molar-refractivity contribution in [2.24, 2.45) is 0 Å². The van der Waals surface area contributed by atoms with Gasteiger partial charge in [0.1, 0.15) is 0 Å². The van der Waals surface area contributed by atoms with Crippen LogP contribution in [-0.2, 0) is 4.74 Å². The number of benzene rings is 1. The average molecular weight is 177 g/mol. The lowest BCUT2D eigenvalue weighted by atomic mass is 10.3. The van der Waals surface area contributed by atoms with Crippen LogP contribution in [0.1, 0.15) is 0 Å². The minimum atomic E-state index is 0.896. The van der Waals surface area contributed by atoms with Crippen LogP contribution in [0.2, 0.25) is 0 Å². The van der Waals surface area contributed by atoms with Crippen molar-refractivity contribution in [3.8, 4) is 0 Å². The van der Waals surface area contributed by atoms with E-state index in [4.69, 9.17) is 4.74 Å². The Morgan fingerprint density at radius 1 is 1.31 bits per heavy atom. The molecule has 0 saturated carbocycles. The zero-order valence-corrected chi connectivity index (χ0v) is 7.60. The summed E-state index contributed by atoms with van der Waals surface area (Å²) >= 11 is 0. The SMILES string of the molecule is COC1=C[NH2+]CN1c1ccccc1. The molecule has 1 aromatic carbocycles. The molecule has 1 aliphatic heterocycles. The molecule has 0 bridgehead atoms. The van der Waals surface area contributed by atoms with Crippen LogP contribution in [0.15, 0.2) is 42.4 Å². The summed E-state index contributed by atoms with van der Waals surface area (Å²) < 4.78 is 5.23. The van der Waals surface area contributed by atoms with E-state index in [2.05, 4.69) is 22.3 Å². The molecule has 0 unspecified atom stereocenters. The summed E-state index contributed by atoms with van der Waals surface area (Å²) in [4.78, 5) is 2.12. The first-order chi connectivity index (χ1) is 6.42. The second-order valence-electron chi connectivity index (χ2n) is 2.89. The molecule has 1 aromatic rings. The van der Waals surface area contributed by atoms with E-state index in [1.165, 1.54) is 5.69 Å². The van der Waals surface area contributed by atoms with Gasteiger partial charge in [-0.3, -0.25) is 10.2 Å². The van der Waals surface area contributed by atoms with Crippen LogP contribution in [0.4, 0.5) is 5.69 Å². The van der Waals surface area contributed by atoms with Gasteiger partial charge in [0.25, 0.3) is 5.88 Å². The molecule has 1 heterocycles. The molecule has 0 amide bonds. The van der Waals surface area contributed by atoms with E-state index in [9.17, 15) is 0 Å². The van der Waals surface area contributed by atoms with Gasteiger partial charge in [0.15, 0.2) is 12.9 Å². The Morgan fingerprint density at radius 3 is 2.77 bits per heavy atom. The third-order valence-electron chi connectivity index (χ3n) is 2.09. The van der Waals surface area contributed by atoms with Crippen LogP contribution in [0.25, 0.3) is 0 Å². The molecule has 3 nitrogen and oxygen atoms in total. The van der Waals surface area contributed by atoms with Crippen molar-refractivity contribution in [2.45, 2.75) is 0 Å². The second-order valence-corrected chi connectivity index (χ2v) is 2.89. The van der Waals surface area contributed by atoms with E-state index in [1.54, 1.807) is 7.11 Å². The van der Waals surface area contributed by atoms with Crippen molar-refractivity contribution in [3.63, 3.8) is 0 Å². The van der Waals surface area contributed by atoms with Crippen LogP contribution in [0.3, 0.4) is 0 Å². The summed E-state index contributed by atoms with van der Waals surface area (Å²) in [6.07, 6.45) is 1.99. The van der Waals surface area contributed by atoms with Crippen molar-refractivity contribution in [3.05, 3.63) is 42.4 Å². The van der Waals surface area contributed by atoms with Crippen LogP contribution in [0.5, 0.6) is 0 Å². The Bertz CT molecular complexity index is 308.